The third-order valence-corrected chi connectivity index (χ3v) is 13.8. The molecule has 0 N–H and O–H groups in total. The van der Waals surface area contributed by atoms with E-state index in [4.69, 9.17) is 0 Å². The topological polar surface area (TPSA) is 3.24 Å². The van der Waals surface area contributed by atoms with Gasteiger partial charge in [0.1, 0.15) is 0 Å². The van der Waals surface area contributed by atoms with E-state index in [-0.39, 0.29) is 0 Å². The van der Waals surface area contributed by atoms with Crippen LogP contribution in [0.25, 0.3) is 109 Å². The zero-order valence-electron chi connectivity index (χ0n) is 36.8. The van der Waals surface area contributed by atoms with Crippen LogP contribution >= 0.6 is 0 Å². The first-order chi connectivity index (χ1) is 33.3. The van der Waals surface area contributed by atoms with Crippen molar-refractivity contribution in [3.8, 4) is 44.5 Å². The van der Waals surface area contributed by atoms with Gasteiger partial charge < -0.3 is 4.90 Å². The molecule has 0 aliphatic rings. The summed E-state index contributed by atoms with van der Waals surface area (Å²) in [5, 5.41) is 14.7. The van der Waals surface area contributed by atoms with Gasteiger partial charge in [0.15, 0.2) is 0 Å². The molecule has 0 fully saturated rings. The van der Waals surface area contributed by atoms with Gasteiger partial charge in [0.05, 0.1) is 11.4 Å². The molecule has 0 spiro atoms. The van der Waals surface area contributed by atoms with Gasteiger partial charge in [-0.1, -0.05) is 231 Å². The Morgan fingerprint density at radius 2 is 0.672 bits per heavy atom. The first kappa shape index (κ1) is 38.7. The number of rotatable bonds is 7. The summed E-state index contributed by atoms with van der Waals surface area (Å²) in [6.45, 7) is 0. The largest absolute Gasteiger partial charge is 0.309 e. The average molecular weight is 850 g/mol. The third kappa shape index (κ3) is 6.47. The average Bonchev–Trinajstić information content (AvgIpc) is 3.41. The molecule has 0 saturated carbocycles. The fraction of sp³-hybridized carbons (Fsp3) is 0. The molecule has 0 atom stereocenters. The number of anilines is 3. The van der Waals surface area contributed by atoms with E-state index in [1.54, 1.807) is 0 Å². The fourth-order valence-electron chi connectivity index (χ4n) is 10.8. The summed E-state index contributed by atoms with van der Waals surface area (Å²) in [5.41, 5.74) is 13.1. The monoisotopic (exact) mass is 849 g/mol. The van der Waals surface area contributed by atoms with E-state index < -0.39 is 0 Å². The molecule has 1 heteroatoms. The Labute approximate surface area is 390 Å². The minimum absolute atomic E-state index is 1.11. The van der Waals surface area contributed by atoms with Crippen LogP contribution in [0.5, 0.6) is 0 Å². The van der Waals surface area contributed by atoms with Crippen LogP contribution < -0.4 is 4.90 Å². The lowest BCUT2D eigenvalue weighted by Gasteiger charge is -2.29. The second kappa shape index (κ2) is 16.0. The molecular formula is C66H43N. The molecule has 0 unspecified atom stereocenters. The summed E-state index contributed by atoms with van der Waals surface area (Å²) in [5.74, 6) is 0. The van der Waals surface area contributed by atoms with E-state index >= 15 is 0 Å². The molecule has 67 heavy (non-hydrogen) atoms. The molecule has 1 nitrogen and oxygen atoms in total. The van der Waals surface area contributed by atoms with Crippen molar-refractivity contribution in [3.05, 3.63) is 261 Å². The predicted octanol–water partition coefficient (Wildman–Crippen LogP) is 18.7. The predicted molar refractivity (Wildman–Crippen MR) is 288 cm³/mol. The van der Waals surface area contributed by atoms with Crippen molar-refractivity contribution in [1.82, 2.24) is 0 Å². The molecule has 0 aliphatic carbocycles. The lowest BCUT2D eigenvalue weighted by Crippen LogP contribution is -2.11. The smallest absolute Gasteiger partial charge is 0.0540 e. The number of fused-ring (bicyclic) bond motifs is 9. The zero-order chi connectivity index (χ0) is 44.3. The second-order valence-electron chi connectivity index (χ2n) is 17.5. The minimum atomic E-state index is 1.11. The van der Waals surface area contributed by atoms with Crippen molar-refractivity contribution in [2.24, 2.45) is 0 Å². The molecule has 13 rings (SSSR count). The maximum Gasteiger partial charge on any atom is 0.0540 e. The van der Waals surface area contributed by atoms with Crippen molar-refractivity contribution in [3.63, 3.8) is 0 Å². The lowest BCUT2D eigenvalue weighted by atomic mass is 9.81. The van der Waals surface area contributed by atoms with Crippen molar-refractivity contribution in [2.75, 3.05) is 4.90 Å². The molecule has 0 radical (unpaired) electrons. The van der Waals surface area contributed by atoms with Crippen molar-refractivity contribution in [2.45, 2.75) is 0 Å². The van der Waals surface area contributed by atoms with Gasteiger partial charge in [-0.05, 0) is 129 Å². The van der Waals surface area contributed by atoms with Gasteiger partial charge in [-0.2, -0.15) is 0 Å². The van der Waals surface area contributed by atoms with Crippen LogP contribution in [-0.4, -0.2) is 0 Å². The van der Waals surface area contributed by atoms with Crippen molar-refractivity contribution >= 4 is 81.7 Å². The molecule has 312 valence electrons. The standard InChI is InChI=1S/C66H43N/c1-3-18-47(19-4-1)60-43-59(49-38-36-48(37-39-49)53-33-15-25-44-20-7-10-28-52(44)53)64(50-23-5-2-6-24-50)66-58-41-40-51(42-61(58)56-31-13-14-32-57(56)65(60)66)67(62-34-16-26-45-21-8-11-29-54(45)62)63-35-17-27-46-22-9-12-30-55(46)63/h1-43H. The Balaban J connectivity index is 1.13. The van der Waals surface area contributed by atoms with E-state index in [0.717, 1.165) is 17.1 Å². The first-order valence-electron chi connectivity index (χ1n) is 23.2. The van der Waals surface area contributed by atoms with Gasteiger partial charge in [0.25, 0.3) is 0 Å². The third-order valence-electron chi connectivity index (χ3n) is 13.8. The maximum absolute atomic E-state index is 2.48. The van der Waals surface area contributed by atoms with Crippen LogP contribution in [0.3, 0.4) is 0 Å². The van der Waals surface area contributed by atoms with Gasteiger partial charge in [-0.15, -0.1) is 0 Å². The van der Waals surface area contributed by atoms with Crippen LogP contribution in [-0.2, 0) is 0 Å². The van der Waals surface area contributed by atoms with E-state index in [0.29, 0.717) is 0 Å². The molecule has 0 saturated heterocycles. The Bertz CT molecular complexity index is 3920. The van der Waals surface area contributed by atoms with Gasteiger partial charge in [0.2, 0.25) is 0 Å². The quantitative estimate of drug-likeness (QED) is 0.144. The molecule has 0 heterocycles. The lowest BCUT2D eigenvalue weighted by molar-refractivity contribution is 1.32. The van der Waals surface area contributed by atoms with Gasteiger partial charge in [0, 0.05) is 16.5 Å². The molecule has 13 aromatic rings. The summed E-state index contributed by atoms with van der Waals surface area (Å²) in [6.07, 6.45) is 0. The van der Waals surface area contributed by atoms with Crippen molar-refractivity contribution in [1.29, 1.82) is 0 Å². The fourth-order valence-corrected chi connectivity index (χ4v) is 10.8. The normalized spacial score (nSPS) is 11.6. The molecule has 0 bridgehead atoms. The highest BCUT2D eigenvalue weighted by atomic mass is 15.1. The summed E-state index contributed by atoms with van der Waals surface area (Å²) in [6, 6.07) is 96.1. The van der Waals surface area contributed by atoms with Gasteiger partial charge in [-0.25, -0.2) is 0 Å². The number of nitrogens with zero attached hydrogens (tertiary/aromatic N) is 1. The molecule has 0 aromatic heterocycles. The Kier molecular flexibility index (Phi) is 9.25. The molecule has 13 aromatic carbocycles. The number of benzene rings is 13. The second-order valence-corrected chi connectivity index (χ2v) is 17.5. The van der Waals surface area contributed by atoms with E-state index in [1.165, 1.54) is 109 Å². The molecule has 0 amide bonds. The van der Waals surface area contributed by atoms with Crippen LogP contribution in [0.1, 0.15) is 0 Å². The Morgan fingerprint density at radius 1 is 0.224 bits per heavy atom. The van der Waals surface area contributed by atoms with Crippen LogP contribution in [0.4, 0.5) is 17.1 Å². The summed E-state index contributed by atoms with van der Waals surface area (Å²) in [4.78, 5) is 2.48. The maximum atomic E-state index is 2.48. The summed E-state index contributed by atoms with van der Waals surface area (Å²) >= 11 is 0. The number of hydrogen-bond acceptors (Lipinski definition) is 1. The van der Waals surface area contributed by atoms with Crippen molar-refractivity contribution < 1.29 is 0 Å². The number of hydrogen-bond donors (Lipinski definition) is 0. The highest BCUT2D eigenvalue weighted by Gasteiger charge is 2.24. The van der Waals surface area contributed by atoms with Gasteiger partial charge in [-0.3, -0.25) is 0 Å². The highest BCUT2D eigenvalue weighted by molar-refractivity contribution is 6.33. The molecular weight excluding hydrogens is 807 g/mol. The first-order valence-corrected chi connectivity index (χ1v) is 23.2. The van der Waals surface area contributed by atoms with E-state index in [2.05, 4.69) is 266 Å². The Hall–Kier alpha value is -8.78. The van der Waals surface area contributed by atoms with Gasteiger partial charge >= 0.3 is 0 Å². The molecule has 0 aliphatic heterocycles. The SMILES string of the molecule is c1ccc(-c2cc(-c3ccc(-c4cccc5ccccc45)cc3)c(-c3ccccc3)c3c4ccc(N(c5cccc6ccccc56)c5cccc6ccccc56)cc4c4ccccc4c23)cc1. The van der Waals surface area contributed by atoms with E-state index in [1.807, 2.05) is 0 Å². The summed E-state index contributed by atoms with van der Waals surface area (Å²) < 4.78 is 0. The minimum Gasteiger partial charge on any atom is -0.309 e. The Morgan fingerprint density at radius 3 is 1.30 bits per heavy atom. The summed E-state index contributed by atoms with van der Waals surface area (Å²) in [7, 11) is 0. The van der Waals surface area contributed by atoms with Crippen LogP contribution in [0.15, 0.2) is 261 Å². The van der Waals surface area contributed by atoms with Crippen LogP contribution in [0, 0.1) is 0 Å². The zero-order valence-corrected chi connectivity index (χ0v) is 36.8. The van der Waals surface area contributed by atoms with E-state index in [9.17, 15) is 0 Å². The highest BCUT2D eigenvalue weighted by Crippen LogP contribution is 2.51. The van der Waals surface area contributed by atoms with Crippen LogP contribution in [0.2, 0.25) is 0 Å².